The molecule has 0 spiro atoms. The summed E-state index contributed by atoms with van der Waals surface area (Å²) in [5.74, 6) is 1.59. The van der Waals surface area contributed by atoms with E-state index in [4.69, 9.17) is 19.7 Å². The first-order chi connectivity index (χ1) is 11.3. The Hall–Kier alpha value is -2.04. The highest BCUT2D eigenvalue weighted by Crippen LogP contribution is 2.16. The Labute approximate surface area is 137 Å². The highest BCUT2D eigenvalue weighted by Gasteiger charge is 1.99. The number of hydrogen-bond acceptors (Lipinski definition) is 4. The first-order valence-electron chi connectivity index (χ1n) is 7.97. The van der Waals surface area contributed by atoms with Crippen LogP contribution in [-0.4, -0.2) is 36.6 Å². The van der Waals surface area contributed by atoms with Gasteiger partial charge in [0, 0.05) is 0 Å². The van der Waals surface area contributed by atoms with Gasteiger partial charge in [-0.05, 0) is 54.7 Å². The monoisotopic (exact) mass is 316 g/mol. The molecule has 2 rings (SSSR count). The van der Waals surface area contributed by atoms with Gasteiger partial charge in [-0.2, -0.15) is 0 Å². The zero-order valence-electron chi connectivity index (χ0n) is 13.3. The quantitative estimate of drug-likeness (QED) is 0.707. The lowest BCUT2D eigenvalue weighted by Gasteiger charge is -2.07. The van der Waals surface area contributed by atoms with E-state index in [9.17, 15) is 0 Å². The molecule has 0 unspecified atom stereocenters. The van der Waals surface area contributed by atoms with E-state index in [-0.39, 0.29) is 13.2 Å². The van der Waals surface area contributed by atoms with Crippen LogP contribution in [0.5, 0.6) is 11.5 Å². The Morgan fingerprint density at radius 2 is 1.00 bits per heavy atom. The van der Waals surface area contributed by atoms with E-state index < -0.39 is 0 Å². The van der Waals surface area contributed by atoms with Crippen molar-refractivity contribution in [2.75, 3.05) is 26.4 Å². The first-order valence-corrected chi connectivity index (χ1v) is 7.97. The maximum absolute atomic E-state index is 8.72. The lowest BCUT2D eigenvalue weighted by atomic mass is 10.0. The maximum Gasteiger partial charge on any atom is 0.119 e. The van der Waals surface area contributed by atoms with Crippen LogP contribution in [0.4, 0.5) is 0 Å². The molecule has 0 aliphatic carbocycles. The summed E-state index contributed by atoms with van der Waals surface area (Å²) in [7, 11) is 0. The third-order valence-corrected chi connectivity index (χ3v) is 3.50. The van der Waals surface area contributed by atoms with Gasteiger partial charge < -0.3 is 19.7 Å². The highest BCUT2D eigenvalue weighted by molar-refractivity contribution is 5.29. The van der Waals surface area contributed by atoms with Crippen molar-refractivity contribution < 1.29 is 19.7 Å². The Balaban J connectivity index is 1.73. The van der Waals surface area contributed by atoms with Crippen LogP contribution in [0.2, 0.25) is 0 Å². The Bertz CT molecular complexity index is 497. The molecular formula is C19H24O4. The predicted molar refractivity (Wildman–Crippen MR) is 90.1 cm³/mol. The van der Waals surface area contributed by atoms with E-state index in [2.05, 4.69) is 24.3 Å². The fourth-order valence-corrected chi connectivity index (χ4v) is 2.33. The minimum absolute atomic E-state index is 0.0333. The molecule has 2 N–H and O–H groups in total. The number of aliphatic hydroxyl groups excluding tert-OH is 2. The normalized spacial score (nSPS) is 10.5. The molecule has 0 atom stereocenters. The van der Waals surface area contributed by atoms with Crippen LogP contribution in [0.3, 0.4) is 0 Å². The molecule has 2 aromatic carbocycles. The van der Waals surface area contributed by atoms with Crippen molar-refractivity contribution in [3.05, 3.63) is 59.7 Å². The molecule has 4 nitrogen and oxygen atoms in total. The third-order valence-electron chi connectivity index (χ3n) is 3.50. The van der Waals surface area contributed by atoms with Crippen LogP contribution in [-0.2, 0) is 12.8 Å². The van der Waals surface area contributed by atoms with E-state index in [1.54, 1.807) is 0 Å². The van der Waals surface area contributed by atoms with E-state index in [1.807, 2.05) is 24.3 Å². The summed E-state index contributed by atoms with van der Waals surface area (Å²) in [5, 5.41) is 17.4. The zero-order valence-corrected chi connectivity index (χ0v) is 13.3. The van der Waals surface area contributed by atoms with Gasteiger partial charge >= 0.3 is 0 Å². The van der Waals surface area contributed by atoms with Gasteiger partial charge in [-0.1, -0.05) is 24.3 Å². The molecule has 0 bridgehead atoms. The van der Waals surface area contributed by atoms with Gasteiger partial charge in [-0.15, -0.1) is 0 Å². The molecular weight excluding hydrogens is 292 g/mol. The largest absolute Gasteiger partial charge is 0.491 e. The summed E-state index contributed by atoms with van der Waals surface area (Å²) >= 11 is 0. The number of benzene rings is 2. The van der Waals surface area contributed by atoms with Crippen LogP contribution in [0.15, 0.2) is 48.5 Å². The predicted octanol–water partition coefficient (Wildman–Crippen LogP) is 2.60. The molecule has 0 amide bonds. The molecule has 0 saturated carbocycles. The second kappa shape index (κ2) is 9.87. The summed E-state index contributed by atoms with van der Waals surface area (Å²) in [6, 6.07) is 16.0. The molecule has 0 fully saturated rings. The van der Waals surface area contributed by atoms with Gasteiger partial charge in [-0.3, -0.25) is 0 Å². The molecule has 2 aromatic rings. The van der Waals surface area contributed by atoms with Gasteiger partial charge in [0.15, 0.2) is 0 Å². The van der Waals surface area contributed by atoms with Crippen molar-refractivity contribution >= 4 is 0 Å². The van der Waals surface area contributed by atoms with Crippen LogP contribution < -0.4 is 9.47 Å². The topological polar surface area (TPSA) is 58.9 Å². The number of aliphatic hydroxyl groups is 2. The fourth-order valence-electron chi connectivity index (χ4n) is 2.33. The lowest BCUT2D eigenvalue weighted by molar-refractivity contribution is 0.201. The zero-order chi connectivity index (χ0) is 16.3. The van der Waals surface area contributed by atoms with Crippen molar-refractivity contribution in [1.82, 2.24) is 0 Å². The second-order valence-electron chi connectivity index (χ2n) is 5.29. The van der Waals surface area contributed by atoms with E-state index in [0.29, 0.717) is 13.2 Å². The average molecular weight is 316 g/mol. The maximum atomic E-state index is 8.72. The van der Waals surface area contributed by atoms with Gasteiger partial charge in [0.1, 0.15) is 24.7 Å². The Morgan fingerprint density at radius 3 is 1.35 bits per heavy atom. The van der Waals surface area contributed by atoms with Crippen molar-refractivity contribution in [2.24, 2.45) is 0 Å². The number of hydrogen-bond donors (Lipinski definition) is 2. The minimum atomic E-state index is 0.0333. The summed E-state index contributed by atoms with van der Waals surface area (Å²) in [4.78, 5) is 0. The Kier molecular flexibility index (Phi) is 7.43. The van der Waals surface area contributed by atoms with Crippen LogP contribution in [0.1, 0.15) is 17.5 Å². The molecule has 23 heavy (non-hydrogen) atoms. The van der Waals surface area contributed by atoms with E-state index in [0.717, 1.165) is 30.8 Å². The van der Waals surface area contributed by atoms with Crippen molar-refractivity contribution in [3.63, 3.8) is 0 Å². The molecule has 4 heteroatoms. The number of ether oxygens (including phenoxy) is 2. The van der Waals surface area contributed by atoms with Gasteiger partial charge in [0.25, 0.3) is 0 Å². The molecule has 0 saturated heterocycles. The smallest absolute Gasteiger partial charge is 0.119 e. The van der Waals surface area contributed by atoms with Gasteiger partial charge in [-0.25, -0.2) is 0 Å². The SMILES string of the molecule is OCCOc1ccc(CCCc2ccc(OCCO)cc2)cc1. The summed E-state index contributed by atoms with van der Waals surface area (Å²) in [6.45, 7) is 0.728. The van der Waals surface area contributed by atoms with Crippen molar-refractivity contribution in [2.45, 2.75) is 19.3 Å². The summed E-state index contributed by atoms with van der Waals surface area (Å²) in [6.07, 6.45) is 3.11. The van der Waals surface area contributed by atoms with Crippen LogP contribution >= 0.6 is 0 Å². The second-order valence-corrected chi connectivity index (χ2v) is 5.29. The number of aryl methyl sites for hydroxylation is 2. The van der Waals surface area contributed by atoms with Gasteiger partial charge in [0.2, 0.25) is 0 Å². The summed E-state index contributed by atoms with van der Waals surface area (Å²) < 4.78 is 10.7. The third kappa shape index (κ3) is 6.30. The molecule has 0 aliphatic rings. The molecule has 0 aromatic heterocycles. The van der Waals surface area contributed by atoms with Crippen LogP contribution in [0.25, 0.3) is 0 Å². The highest BCUT2D eigenvalue weighted by atomic mass is 16.5. The Morgan fingerprint density at radius 1 is 0.609 bits per heavy atom. The molecule has 0 aliphatic heterocycles. The van der Waals surface area contributed by atoms with E-state index >= 15 is 0 Å². The molecule has 0 radical (unpaired) electrons. The minimum Gasteiger partial charge on any atom is -0.491 e. The molecule has 0 heterocycles. The van der Waals surface area contributed by atoms with E-state index in [1.165, 1.54) is 11.1 Å². The average Bonchev–Trinajstić information content (AvgIpc) is 2.60. The standard InChI is InChI=1S/C19H24O4/c20-12-14-22-18-8-4-16(5-9-18)2-1-3-17-6-10-19(11-7-17)23-15-13-21/h4-11,20-21H,1-3,12-15H2. The lowest BCUT2D eigenvalue weighted by Crippen LogP contribution is -2.01. The molecule has 124 valence electrons. The number of rotatable bonds is 10. The summed E-state index contributed by atoms with van der Waals surface area (Å²) in [5.41, 5.74) is 2.56. The van der Waals surface area contributed by atoms with Gasteiger partial charge in [0.05, 0.1) is 13.2 Å². The first kappa shape index (κ1) is 17.3. The van der Waals surface area contributed by atoms with Crippen molar-refractivity contribution in [1.29, 1.82) is 0 Å². The fraction of sp³-hybridized carbons (Fsp3) is 0.368. The van der Waals surface area contributed by atoms with Crippen molar-refractivity contribution in [3.8, 4) is 11.5 Å². The van der Waals surface area contributed by atoms with Crippen LogP contribution in [0, 0.1) is 0 Å².